The Morgan fingerprint density at radius 3 is 2.26 bits per heavy atom. The van der Waals surface area contributed by atoms with E-state index in [1.807, 2.05) is 92.8 Å². The van der Waals surface area contributed by atoms with Crippen LogP contribution in [0.25, 0.3) is 21.5 Å². The van der Waals surface area contributed by atoms with Crippen molar-refractivity contribution in [1.29, 1.82) is 0 Å². The lowest BCUT2D eigenvalue weighted by Crippen LogP contribution is -2.25. The van der Waals surface area contributed by atoms with Crippen LogP contribution in [-0.4, -0.2) is 12.9 Å². The molecule has 6 rings (SSSR count). The summed E-state index contributed by atoms with van der Waals surface area (Å²) >= 11 is 0. The molecule has 5 aromatic carbocycles. The van der Waals surface area contributed by atoms with E-state index >= 15 is 0 Å². The van der Waals surface area contributed by atoms with Gasteiger partial charge in [-0.3, -0.25) is 0 Å². The Kier molecular flexibility index (Phi) is 5.11. The number of rotatable bonds is 4. The predicted molar refractivity (Wildman–Crippen MR) is 144 cm³/mol. The second-order valence-corrected chi connectivity index (χ2v) is 8.41. The molecule has 0 aliphatic carbocycles. The van der Waals surface area contributed by atoms with Gasteiger partial charge in [-0.05, 0) is 48.7 Å². The van der Waals surface area contributed by atoms with E-state index in [0.29, 0.717) is 11.4 Å². The maximum atomic E-state index is 4.76. The van der Waals surface area contributed by atoms with E-state index < -0.39 is 0 Å². The van der Waals surface area contributed by atoms with Crippen LogP contribution in [0.2, 0.25) is 0 Å². The highest BCUT2D eigenvalue weighted by Gasteiger charge is 2.18. The molecule has 35 heavy (non-hydrogen) atoms. The summed E-state index contributed by atoms with van der Waals surface area (Å²) in [4.78, 5) is 6.86. The molecule has 0 atom stereocenters. The van der Waals surface area contributed by atoms with Gasteiger partial charge >= 0.3 is 0 Å². The van der Waals surface area contributed by atoms with Gasteiger partial charge in [-0.2, -0.15) is 5.11 Å². The van der Waals surface area contributed by atoms with Gasteiger partial charge in [0.1, 0.15) is 17.2 Å². The highest BCUT2D eigenvalue weighted by molar-refractivity contribution is 6.16. The number of fused-ring (bicyclic) bond motifs is 1. The van der Waals surface area contributed by atoms with E-state index in [-0.39, 0.29) is 0 Å². The second kappa shape index (κ2) is 8.57. The van der Waals surface area contributed by atoms with Crippen LogP contribution >= 0.6 is 0 Å². The Hall–Kier alpha value is -4.71. The SMILES string of the molecule is CC1=Nc2ccc(N=Nc3c(N=Nc4ccccc4)ccc4ccccc34)c3cccc(c23)N1C. The van der Waals surface area contributed by atoms with Crippen LogP contribution < -0.4 is 4.90 Å². The molecule has 1 heterocycles. The average Bonchev–Trinajstić information content (AvgIpc) is 2.90. The van der Waals surface area contributed by atoms with Gasteiger partial charge in [-0.1, -0.05) is 60.7 Å². The minimum atomic E-state index is 0.666. The second-order valence-electron chi connectivity index (χ2n) is 8.41. The van der Waals surface area contributed by atoms with Crippen LogP contribution in [0.4, 0.5) is 34.1 Å². The molecule has 0 saturated carbocycles. The van der Waals surface area contributed by atoms with Crippen molar-refractivity contribution in [2.45, 2.75) is 6.92 Å². The smallest absolute Gasteiger partial charge is 0.121 e. The van der Waals surface area contributed by atoms with Crippen LogP contribution in [0.1, 0.15) is 6.92 Å². The van der Waals surface area contributed by atoms with Gasteiger partial charge in [0.15, 0.2) is 0 Å². The summed E-state index contributed by atoms with van der Waals surface area (Å²) in [6.07, 6.45) is 0. The normalized spacial score (nSPS) is 13.3. The van der Waals surface area contributed by atoms with Crippen molar-refractivity contribution < 1.29 is 0 Å². The van der Waals surface area contributed by atoms with Gasteiger partial charge in [0.25, 0.3) is 0 Å². The topological polar surface area (TPSA) is 65.0 Å². The lowest BCUT2D eigenvalue weighted by atomic mass is 10.0. The first-order valence-electron chi connectivity index (χ1n) is 11.4. The highest BCUT2D eigenvalue weighted by atomic mass is 15.2. The summed E-state index contributed by atoms with van der Waals surface area (Å²) in [5, 5.41) is 22.5. The van der Waals surface area contributed by atoms with Crippen molar-refractivity contribution in [2.24, 2.45) is 25.4 Å². The fourth-order valence-corrected chi connectivity index (χ4v) is 4.38. The zero-order chi connectivity index (χ0) is 23.8. The maximum absolute atomic E-state index is 4.76. The summed E-state index contributed by atoms with van der Waals surface area (Å²) in [6, 6.07) is 32.0. The first kappa shape index (κ1) is 20.9. The predicted octanol–water partition coefficient (Wildman–Crippen LogP) is 9.32. The third-order valence-electron chi connectivity index (χ3n) is 6.27. The molecule has 0 aromatic heterocycles. The molecule has 6 nitrogen and oxygen atoms in total. The van der Waals surface area contributed by atoms with E-state index in [1.54, 1.807) is 0 Å². The first-order chi connectivity index (χ1) is 17.2. The summed E-state index contributed by atoms with van der Waals surface area (Å²) in [7, 11) is 2.03. The van der Waals surface area contributed by atoms with Crippen molar-refractivity contribution >= 4 is 61.5 Å². The van der Waals surface area contributed by atoms with E-state index in [4.69, 9.17) is 15.2 Å². The summed E-state index contributed by atoms with van der Waals surface area (Å²) in [5.41, 5.74) is 4.99. The number of benzene rings is 5. The first-order valence-corrected chi connectivity index (χ1v) is 11.4. The van der Waals surface area contributed by atoms with Crippen LogP contribution in [0.5, 0.6) is 0 Å². The maximum Gasteiger partial charge on any atom is 0.121 e. The van der Waals surface area contributed by atoms with Crippen molar-refractivity contribution in [3.05, 3.63) is 97.1 Å². The fourth-order valence-electron chi connectivity index (χ4n) is 4.38. The largest absolute Gasteiger partial charge is 0.333 e. The molecule has 0 unspecified atom stereocenters. The van der Waals surface area contributed by atoms with E-state index in [2.05, 4.69) is 33.3 Å². The lowest BCUT2D eigenvalue weighted by molar-refractivity contribution is 1.19. The Labute approximate surface area is 203 Å². The van der Waals surface area contributed by atoms with Gasteiger partial charge in [0.05, 0.1) is 22.7 Å². The van der Waals surface area contributed by atoms with Crippen molar-refractivity contribution in [2.75, 3.05) is 11.9 Å². The number of hydrogen-bond donors (Lipinski definition) is 0. The molecule has 5 aromatic rings. The Bertz CT molecular complexity index is 1670. The molecule has 1 aliphatic rings. The third kappa shape index (κ3) is 3.75. The molecule has 0 fully saturated rings. The van der Waals surface area contributed by atoms with Gasteiger partial charge in [0, 0.05) is 23.2 Å². The monoisotopic (exact) mass is 454 g/mol. The van der Waals surface area contributed by atoms with Crippen molar-refractivity contribution in [3.8, 4) is 0 Å². The molecule has 168 valence electrons. The van der Waals surface area contributed by atoms with Crippen LogP contribution in [-0.2, 0) is 0 Å². The number of aliphatic imine (C=N–C) groups is 1. The average molecular weight is 455 g/mol. The van der Waals surface area contributed by atoms with Crippen molar-refractivity contribution in [3.63, 3.8) is 0 Å². The molecular weight excluding hydrogens is 432 g/mol. The van der Waals surface area contributed by atoms with Gasteiger partial charge in [-0.15, -0.1) is 15.3 Å². The summed E-state index contributed by atoms with van der Waals surface area (Å²) in [5.74, 6) is 0.962. The standard InChI is InChI=1S/C29H22N6/c1-19-30-25-18-17-24(23-13-8-14-27(28(23)25)35(19)2)32-34-29-22-12-7-6-9-20(22)15-16-26(29)33-31-21-10-4-3-5-11-21/h3-18H,1-2H3. The van der Waals surface area contributed by atoms with E-state index in [0.717, 1.165) is 50.1 Å². The third-order valence-corrected chi connectivity index (χ3v) is 6.27. The van der Waals surface area contributed by atoms with Crippen molar-refractivity contribution in [1.82, 2.24) is 0 Å². The number of anilines is 1. The van der Waals surface area contributed by atoms with Crippen LogP contribution in [0.15, 0.2) is 123 Å². The van der Waals surface area contributed by atoms with E-state index in [1.165, 1.54) is 0 Å². The molecule has 0 saturated heterocycles. The number of nitrogens with zero attached hydrogens (tertiary/aromatic N) is 6. The highest BCUT2D eigenvalue weighted by Crippen LogP contribution is 2.43. The number of hydrogen-bond acceptors (Lipinski definition) is 6. The Morgan fingerprint density at radius 1 is 0.629 bits per heavy atom. The molecule has 1 aliphatic heterocycles. The lowest BCUT2D eigenvalue weighted by Gasteiger charge is -2.26. The minimum absolute atomic E-state index is 0.666. The molecule has 0 radical (unpaired) electrons. The summed E-state index contributed by atoms with van der Waals surface area (Å²) in [6.45, 7) is 2.02. The molecule has 0 N–H and O–H groups in total. The van der Waals surface area contributed by atoms with E-state index in [9.17, 15) is 0 Å². The quantitative estimate of drug-likeness (QED) is 0.249. The fraction of sp³-hybridized carbons (Fsp3) is 0.0690. The number of amidine groups is 1. The molecule has 0 spiro atoms. The number of azo groups is 2. The molecular formula is C29H22N6. The zero-order valence-corrected chi connectivity index (χ0v) is 19.4. The Morgan fingerprint density at radius 2 is 1.37 bits per heavy atom. The van der Waals surface area contributed by atoms with Gasteiger partial charge < -0.3 is 4.90 Å². The molecule has 6 heteroatoms. The molecule has 0 bridgehead atoms. The van der Waals surface area contributed by atoms with Crippen LogP contribution in [0, 0.1) is 0 Å². The van der Waals surface area contributed by atoms with Gasteiger partial charge in [-0.25, -0.2) is 4.99 Å². The molecule has 0 amide bonds. The van der Waals surface area contributed by atoms with Gasteiger partial charge in [0.2, 0.25) is 0 Å². The van der Waals surface area contributed by atoms with Crippen LogP contribution in [0.3, 0.4) is 0 Å². The summed E-state index contributed by atoms with van der Waals surface area (Å²) < 4.78 is 0. The minimum Gasteiger partial charge on any atom is -0.333 e. The Balaban J connectivity index is 1.49. The zero-order valence-electron chi connectivity index (χ0n) is 19.4.